The molecular formula is C11H21F3N2. The number of nitrogens with one attached hydrogen (secondary N) is 1. The van der Waals surface area contributed by atoms with Crippen molar-refractivity contribution in [2.75, 3.05) is 26.7 Å². The second-order valence-corrected chi connectivity index (χ2v) is 4.63. The second-order valence-electron chi connectivity index (χ2n) is 4.63. The zero-order chi connectivity index (χ0) is 12.0. The fraction of sp³-hybridized carbons (Fsp3) is 1.00. The monoisotopic (exact) mass is 238 g/mol. The molecule has 1 fully saturated rings. The van der Waals surface area contributed by atoms with Crippen molar-refractivity contribution >= 4 is 0 Å². The van der Waals surface area contributed by atoms with Crippen LogP contribution in [0.3, 0.4) is 0 Å². The Bertz CT molecular complexity index is 188. The second kappa shape index (κ2) is 6.45. The molecular weight excluding hydrogens is 217 g/mol. The summed E-state index contributed by atoms with van der Waals surface area (Å²) >= 11 is 0. The zero-order valence-electron chi connectivity index (χ0n) is 9.82. The van der Waals surface area contributed by atoms with Gasteiger partial charge in [0.2, 0.25) is 0 Å². The van der Waals surface area contributed by atoms with Crippen molar-refractivity contribution in [3.05, 3.63) is 0 Å². The highest BCUT2D eigenvalue weighted by Gasteiger charge is 2.26. The van der Waals surface area contributed by atoms with Gasteiger partial charge in [-0.05, 0) is 39.4 Å². The van der Waals surface area contributed by atoms with Gasteiger partial charge in [0.25, 0.3) is 0 Å². The lowest BCUT2D eigenvalue weighted by Gasteiger charge is -2.28. The number of hydrogen-bond donors (Lipinski definition) is 1. The van der Waals surface area contributed by atoms with Gasteiger partial charge in [0.05, 0.1) is 0 Å². The minimum absolute atomic E-state index is 0.201. The Hall–Kier alpha value is -0.290. The predicted octanol–water partition coefficient (Wildman–Crippen LogP) is 2.40. The molecule has 0 aromatic carbocycles. The number of alkyl halides is 3. The molecule has 0 spiro atoms. The summed E-state index contributed by atoms with van der Waals surface area (Å²) in [6.07, 6.45) is -0.891. The third-order valence-electron chi connectivity index (χ3n) is 2.94. The average molecular weight is 238 g/mol. The Labute approximate surface area is 95.2 Å². The fourth-order valence-corrected chi connectivity index (χ4v) is 2.10. The first-order valence-corrected chi connectivity index (χ1v) is 5.96. The van der Waals surface area contributed by atoms with E-state index in [0.717, 1.165) is 19.5 Å². The summed E-state index contributed by atoms with van der Waals surface area (Å²) in [5.74, 6) is 0. The van der Waals surface area contributed by atoms with Gasteiger partial charge in [0, 0.05) is 19.0 Å². The Kier molecular flexibility index (Phi) is 5.55. The van der Waals surface area contributed by atoms with Crippen LogP contribution in [0.5, 0.6) is 0 Å². The highest BCUT2D eigenvalue weighted by Crippen LogP contribution is 2.21. The maximum absolute atomic E-state index is 11.9. The molecule has 96 valence electrons. The number of nitrogens with zero attached hydrogens (tertiary/aromatic N) is 1. The van der Waals surface area contributed by atoms with Crippen molar-refractivity contribution in [1.29, 1.82) is 0 Å². The van der Waals surface area contributed by atoms with Crippen molar-refractivity contribution in [2.45, 2.75) is 44.3 Å². The number of likely N-dealkylation sites (N-methyl/N-ethyl adjacent to an activating group) is 1. The average Bonchev–Trinajstić information content (AvgIpc) is 2.17. The van der Waals surface area contributed by atoms with Crippen LogP contribution in [0, 0.1) is 0 Å². The lowest BCUT2D eigenvalue weighted by Crippen LogP contribution is -2.42. The normalized spacial score (nSPS) is 22.7. The third kappa shape index (κ3) is 6.33. The molecule has 1 rings (SSSR count). The molecule has 0 radical (unpaired) electrons. The quantitative estimate of drug-likeness (QED) is 0.791. The van der Waals surface area contributed by atoms with E-state index in [1.807, 2.05) is 11.9 Å². The summed E-state index contributed by atoms with van der Waals surface area (Å²) < 4.78 is 35.8. The smallest absolute Gasteiger partial charge is 0.313 e. The van der Waals surface area contributed by atoms with Crippen LogP contribution in [-0.4, -0.2) is 43.8 Å². The topological polar surface area (TPSA) is 15.3 Å². The van der Waals surface area contributed by atoms with Crippen LogP contribution < -0.4 is 5.32 Å². The molecule has 1 N–H and O–H groups in total. The Morgan fingerprint density at radius 1 is 1.31 bits per heavy atom. The summed E-state index contributed by atoms with van der Waals surface area (Å²) in [5, 5.41) is 3.39. The van der Waals surface area contributed by atoms with E-state index in [1.54, 1.807) is 0 Å². The number of piperidine rings is 1. The highest BCUT2D eigenvalue weighted by atomic mass is 19.4. The summed E-state index contributed by atoms with van der Waals surface area (Å²) in [5.41, 5.74) is 0. The van der Waals surface area contributed by atoms with E-state index in [2.05, 4.69) is 5.32 Å². The number of rotatable bonds is 5. The van der Waals surface area contributed by atoms with Gasteiger partial charge in [0.15, 0.2) is 0 Å². The largest absolute Gasteiger partial charge is 0.389 e. The van der Waals surface area contributed by atoms with Gasteiger partial charge in [0.1, 0.15) is 0 Å². The summed E-state index contributed by atoms with van der Waals surface area (Å²) in [6.45, 7) is 2.43. The fourth-order valence-electron chi connectivity index (χ4n) is 2.10. The molecule has 0 aromatic rings. The van der Waals surface area contributed by atoms with Gasteiger partial charge in [-0.1, -0.05) is 6.42 Å². The van der Waals surface area contributed by atoms with Gasteiger partial charge in [-0.25, -0.2) is 0 Å². The van der Waals surface area contributed by atoms with Crippen molar-refractivity contribution in [3.63, 3.8) is 0 Å². The maximum atomic E-state index is 11.9. The van der Waals surface area contributed by atoms with Crippen LogP contribution in [0.15, 0.2) is 0 Å². The predicted molar refractivity (Wildman–Crippen MR) is 58.4 cm³/mol. The van der Waals surface area contributed by atoms with E-state index in [9.17, 15) is 13.2 Å². The highest BCUT2D eigenvalue weighted by molar-refractivity contribution is 4.75. The SMILES string of the molecule is CN(CCCC(F)(F)F)CC1CCCCN1. The van der Waals surface area contributed by atoms with Crippen LogP contribution in [0.4, 0.5) is 13.2 Å². The molecule has 0 aliphatic carbocycles. The van der Waals surface area contributed by atoms with Crippen molar-refractivity contribution in [2.24, 2.45) is 0 Å². The Morgan fingerprint density at radius 3 is 2.62 bits per heavy atom. The lowest BCUT2D eigenvalue weighted by atomic mass is 10.0. The van der Waals surface area contributed by atoms with Crippen molar-refractivity contribution in [3.8, 4) is 0 Å². The van der Waals surface area contributed by atoms with E-state index < -0.39 is 12.6 Å². The van der Waals surface area contributed by atoms with Crippen molar-refractivity contribution in [1.82, 2.24) is 10.2 Å². The van der Waals surface area contributed by atoms with Crippen LogP contribution in [0.2, 0.25) is 0 Å². The molecule has 0 aromatic heterocycles. The molecule has 1 aliphatic heterocycles. The first-order chi connectivity index (χ1) is 7.47. The molecule has 1 aliphatic rings. The van der Waals surface area contributed by atoms with E-state index in [-0.39, 0.29) is 6.42 Å². The molecule has 5 heteroatoms. The van der Waals surface area contributed by atoms with Crippen LogP contribution in [-0.2, 0) is 0 Å². The molecule has 0 saturated carbocycles. The molecule has 1 atom stereocenters. The standard InChI is InChI=1S/C11H21F3N2/c1-16(8-4-6-11(12,13)14)9-10-5-2-3-7-15-10/h10,15H,2-9H2,1H3. The molecule has 0 bridgehead atoms. The Morgan fingerprint density at radius 2 is 2.06 bits per heavy atom. The van der Waals surface area contributed by atoms with Crippen LogP contribution in [0.25, 0.3) is 0 Å². The molecule has 1 unspecified atom stereocenters. The summed E-state index contributed by atoms with van der Waals surface area (Å²) in [6, 6.07) is 0.463. The van der Waals surface area contributed by atoms with E-state index >= 15 is 0 Å². The van der Waals surface area contributed by atoms with E-state index in [1.165, 1.54) is 12.8 Å². The zero-order valence-corrected chi connectivity index (χ0v) is 9.82. The van der Waals surface area contributed by atoms with Crippen LogP contribution in [0.1, 0.15) is 32.1 Å². The van der Waals surface area contributed by atoms with Gasteiger partial charge in [-0.15, -0.1) is 0 Å². The third-order valence-corrected chi connectivity index (χ3v) is 2.94. The summed E-state index contributed by atoms with van der Waals surface area (Å²) in [7, 11) is 1.90. The van der Waals surface area contributed by atoms with Gasteiger partial charge < -0.3 is 10.2 Å². The van der Waals surface area contributed by atoms with E-state index in [4.69, 9.17) is 0 Å². The van der Waals surface area contributed by atoms with Crippen LogP contribution >= 0.6 is 0 Å². The van der Waals surface area contributed by atoms with Gasteiger partial charge >= 0.3 is 6.18 Å². The number of hydrogen-bond acceptors (Lipinski definition) is 2. The summed E-state index contributed by atoms with van der Waals surface area (Å²) in [4.78, 5) is 1.99. The van der Waals surface area contributed by atoms with Crippen molar-refractivity contribution < 1.29 is 13.2 Å². The molecule has 16 heavy (non-hydrogen) atoms. The minimum atomic E-state index is -4.01. The first kappa shape index (κ1) is 13.8. The molecule has 1 saturated heterocycles. The van der Waals surface area contributed by atoms with Gasteiger partial charge in [-0.2, -0.15) is 13.2 Å². The first-order valence-electron chi connectivity index (χ1n) is 5.96. The van der Waals surface area contributed by atoms with Gasteiger partial charge in [-0.3, -0.25) is 0 Å². The molecule has 0 amide bonds. The molecule has 1 heterocycles. The Balaban J connectivity index is 2.08. The van der Waals surface area contributed by atoms with E-state index in [0.29, 0.717) is 12.6 Å². The lowest BCUT2D eigenvalue weighted by molar-refractivity contribution is -0.136. The maximum Gasteiger partial charge on any atom is 0.389 e. The molecule has 2 nitrogen and oxygen atoms in total. The minimum Gasteiger partial charge on any atom is -0.313 e. The number of halogens is 3.